The Labute approximate surface area is 121 Å². The summed E-state index contributed by atoms with van der Waals surface area (Å²) in [4.78, 5) is 11.6. The third-order valence-corrected chi connectivity index (χ3v) is 3.16. The average molecular weight is 279 g/mol. The van der Waals surface area contributed by atoms with Gasteiger partial charge in [-0.3, -0.25) is 0 Å². The van der Waals surface area contributed by atoms with Crippen molar-refractivity contribution in [3.63, 3.8) is 0 Å². The Morgan fingerprint density at radius 3 is 2.55 bits per heavy atom. The maximum Gasteiger partial charge on any atom is 0.407 e. The van der Waals surface area contributed by atoms with Gasteiger partial charge in [0.05, 0.1) is 0 Å². The molecule has 0 aliphatic heterocycles. The van der Waals surface area contributed by atoms with Crippen LogP contribution in [0.2, 0.25) is 0 Å². The summed E-state index contributed by atoms with van der Waals surface area (Å²) in [6.07, 6.45) is 1.52. The fourth-order valence-electron chi connectivity index (χ4n) is 1.83. The lowest BCUT2D eigenvalue weighted by Crippen LogP contribution is -2.31. The number of benzene rings is 1. The Morgan fingerprint density at radius 2 is 1.95 bits per heavy atom. The predicted octanol–water partition coefficient (Wildman–Crippen LogP) is 2.96. The molecule has 0 saturated carbocycles. The molecule has 20 heavy (non-hydrogen) atoms. The molecule has 0 saturated heterocycles. The Morgan fingerprint density at radius 1 is 1.25 bits per heavy atom. The van der Waals surface area contributed by atoms with E-state index >= 15 is 0 Å². The zero-order valence-electron chi connectivity index (χ0n) is 12.3. The van der Waals surface area contributed by atoms with Crippen molar-refractivity contribution in [2.45, 2.75) is 33.3 Å². The van der Waals surface area contributed by atoms with Gasteiger partial charge in [0.2, 0.25) is 0 Å². The lowest BCUT2D eigenvalue weighted by Gasteiger charge is -2.16. The van der Waals surface area contributed by atoms with Gasteiger partial charge in [0, 0.05) is 13.2 Å². The van der Waals surface area contributed by atoms with E-state index in [1.54, 1.807) is 0 Å². The summed E-state index contributed by atoms with van der Waals surface area (Å²) in [5, 5.41) is 12.0. The molecule has 1 aromatic carbocycles. The average Bonchev–Trinajstić information content (AvgIpc) is 2.46. The van der Waals surface area contributed by atoms with E-state index in [0.29, 0.717) is 12.5 Å². The molecule has 4 nitrogen and oxygen atoms in total. The predicted molar refractivity (Wildman–Crippen MR) is 79.3 cm³/mol. The van der Waals surface area contributed by atoms with Gasteiger partial charge in [0.15, 0.2) is 0 Å². The Balaban J connectivity index is 2.21. The molecule has 0 aliphatic carbocycles. The van der Waals surface area contributed by atoms with Crippen molar-refractivity contribution in [1.29, 1.82) is 0 Å². The maximum atomic E-state index is 11.6. The molecule has 4 heteroatoms. The highest BCUT2D eigenvalue weighted by atomic mass is 16.5. The topological polar surface area (TPSA) is 58.6 Å². The molecule has 112 valence electrons. The molecule has 0 aromatic heterocycles. The third kappa shape index (κ3) is 7.14. The van der Waals surface area contributed by atoms with Gasteiger partial charge in [-0.2, -0.15) is 0 Å². The number of aliphatic hydroxyl groups is 1. The summed E-state index contributed by atoms with van der Waals surface area (Å²) in [6.45, 7) is 5.11. The highest BCUT2D eigenvalue weighted by molar-refractivity contribution is 5.67. The molecule has 0 radical (unpaired) electrons. The van der Waals surface area contributed by atoms with Crippen LogP contribution < -0.4 is 5.32 Å². The molecular formula is C16H25NO3. The molecule has 0 bridgehead atoms. The van der Waals surface area contributed by atoms with Crippen molar-refractivity contribution in [2.75, 3.05) is 13.2 Å². The molecule has 2 N–H and O–H groups in total. The third-order valence-electron chi connectivity index (χ3n) is 3.16. The van der Waals surface area contributed by atoms with E-state index in [2.05, 4.69) is 19.2 Å². The zero-order chi connectivity index (χ0) is 14.8. The SMILES string of the molecule is CC(C)CC[C@@H](CO)CNC(=O)OCc1ccccc1. The van der Waals surface area contributed by atoms with E-state index in [-0.39, 0.29) is 19.1 Å². The highest BCUT2D eigenvalue weighted by Gasteiger charge is 2.11. The minimum atomic E-state index is -0.433. The molecule has 0 fully saturated rings. The lowest BCUT2D eigenvalue weighted by molar-refractivity contribution is 0.134. The Hall–Kier alpha value is -1.55. The van der Waals surface area contributed by atoms with Gasteiger partial charge < -0.3 is 15.2 Å². The van der Waals surface area contributed by atoms with Crippen LogP contribution >= 0.6 is 0 Å². The number of carbonyl (C=O) groups is 1. The molecule has 1 aromatic rings. The second-order valence-corrected chi connectivity index (χ2v) is 5.46. The van der Waals surface area contributed by atoms with Gasteiger partial charge in [-0.25, -0.2) is 4.79 Å². The number of amides is 1. The number of carbonyl (C=O) groups excluding carboxylic acids is 1. The highest BCUT2D eigenvalue weighted by Crippen LogP contribution is 2.11. The first kappa shape index (κ1) is 16.5. The van der Waals surface area contributed by atoms with Crippen LogP contribution in [0.25, 0.3) is 0 Å². The monoisotopic (exact) mass is 279 g/mol. The normalized spacial score (nSPS) is 12.2. The van der Waals surface area contributed by atoms with Gasteiger partial charge in [-0.05, 0) is 23.8 Å². The summed E-state index contributed by atoms with van der Waals surface area (Å²) >= 11 is 0. The second kappa shape index (κ2) is 9.37. The number of rotatable bonds is 8. The first-order valence-electron chi connectivity index (χ1n) is 7.17. The van der Waals surface area contributed by atoms with Crippen molar-refractivity contribution < 1.29 is 14.6 Å². The molecular weight excluding hydrogens is 254 g/mol. The summed E-state index contributed by atoms with van der Waals surface area (Å²) < 4.78 is 5.12. The fourth-order valence-corrected chi connectivity index (χ4v) is 1.83. The van der Waals surface area contributed by atoms with Crippen LogP contribution in [-0.2, 0) is 11.3 Å². The van der Waals surface area contributed by atoms with Crippen LogP contribution in [-0.4, -0.2) is 24.4 Å². The van der Waals surface area contributed by atoms with Gasteiger partial charge in [0.1, 0.15) is 6.61 Å². The minimum absolute atomic E-state index is 0.0890. The maximum absolute atomic E-state index is 11.6. The lowest BCUT2D eigenvalue weighted by atomic mass is 9.98. The summed E-state index contributed by atoms with van der Waals surface area (Å²) in [5.74, 6) is 0.704. The standard InChI is InChI=1S/C16H25NO3/c1-13(2)8-9-15(11-18)10-17-16(19)20-12-14-6-4-3-5-7-14/h3-7,13,15,18H,8-12H2,1-2H3,(H,17,19)/t15-/m1/s1. The minimum Gasteiger partial charge on any atom is -0.445 e. The van der Waals surface area contributed by atoms with Gasteiger partial charge in [-0.1, -0.05) is 50.6 Å². The van der Waals surface area contributed by atoms with E-state index in [4.69, 9.17) is 4.74 Å². The van der Waals surface area contributed by atoms with Crippen LogP contribution in [0.1, 0.15) is 32.3 Å². The quantitative estimate of drug-likeness (QED) is 0.769. The van der Waals surface area contributed by atoms with Crippen LogP contribution in [0.4, 0.5) is 4.79 Å². The Kier molecular flexibility index (Phi) is 7.73. The molecule has 0 spiro atoms. The van der Waals surface area contributed by atoms with E-state index in [1.807, 2.05) is 30.3 Å². The molecule has 1 atom stereocenters. The first-order chi connectivity index (χ1) is 9.61. The van der Waals surface area contributed by atoms with Crippen molar-refractivity contribution in [1.82, 2.24) is 5.32 Å². The molecule has 1 rings (SSSR count). The van der Waals surface area contributed by atoms with Crippen LogP contribution in [0.3, 0.4) is 0 Å². The number of hydrogen-bond donors (Lipinski definition) is 2. The number of nitrogens with one attached hydrogen (secondary N) is 1. The van der Waals surface area contributed by atoms with Crippen LogP contribution in [0.15, 0.2) is 30.3 Å². The molecule has 0 unspecified atom stereocenters. The zero-order valence-corrected chi connectivity index (χ0v) is 12.3. The van der Waals surface area contributed by atoms with Crippen molar-refractivity contribution >= 4 is 6.09 Å². The van der Waals surface area contributed by atoms with E-state index in [1.165, 1.54) is 0 Å². The summed E-state index contributed by atoms with van der Waals surface area (Å²) in [6, 6.07) is 9.55. The number of aliphatic hydroxyl groups excluding tert-OH is 1. The molecule has 0 aliphatic rings. The fraction of sp³-hybridized carbons (Fsp3) is 0.562. The van der Waals surface area contributed by atoms with Crippen molar-refractivity contribution in [3.05, 3.63) is 35.9 Å². The smallest absolute Gasteiger partial charge is 0.407 e. The molecule has 1 amide bonds. The Bertz CT molecular complexity index is 379. The largest absolute Gasteiger partial charge is 0.445 e. The van der Waals surface area contributed by atoms with Crippen LogP contribution in [0.5, 0.6) is 0 Å². The number of alkyl carbamates (subject to hydrolysis) is 1. The van der Waals surface area contributed by atoms with E-state index in [0.717, 1.165) is 18.4 Å². The molecule has 0 heterocycles. The van der Waals surface area contributed by atoms with E-state index in [9.17, 15) is 9.90 Å². The van der Waals surface area contributed by atoms with E-state index < -0.39 is 6.09 Å². The first-order valence-corrected chi connectivity index (χ1v) is 7.17. The number of ether oxygens (including phenoxy) is 1. The van der Waals surface area contributed by atoms with Crippen LogP contribution in [0, 0.1) is 11.8 Å². The van der Waals surface area contributed by atoms with Gasteiger partial charge in [-0.15, -0.1) is 0 Å². The second-order valence-electron chi connectivity index (χ2n) is 5.46. The number of hydrogen-bond acceptors (Lipinski definition) is 3. The van der Waals surface area contributed by atoms with Gasteiger partial charge >= 0.3 is 6.09 Å². The summed E-state index contributed by atoms with van der Waals surface area (Å²) in [5.41, 5.74) is 0.959. The van der Waals surface area contributed by atoms with Gasteiger partial charge in [0.25, 0.3) is 0 Å². The van der Waals surface area contributed by atoms with Crippen molar-refractivity contribution in [2.24, 2.45) is 11.8 Å². The summed E-state index contributed by atoms with van der Waals surface area (Å²) in [7, 11) is 0. The van der Waals surface area contributed by atoms with Crippen molar-refractivity contribution in [3.8, 4) is 0 Å².